The third-order valence-electron chi connectivity index (χ3n) is 3.65. The number of thiophene rings is 1. The second-order valence-electron chi connectivity index (χ2n) is 5.46. The van der Waals surface area contributed by atoms with E-state index in [1.165, 1.54) is 0 Å². The lowest BCUT2D eigenvalue weighted by atomic mass is 10.2. The number of hydrogen-bond acceptors (Lipinski definition) is 7. The van der Waals surface area contributed by atoms with Gasteiger partial charge in [0, 0.05) is 16.1 Å². The Bertz CT molecular complexity index is 994. The van der Waals surface area contributed by atoms with Gasteiger partial charge in [-0.05, 0) is 29.6 Å². The molecule has 3 heterocycles. The van der Waals surface area contributed by atoms with E-state index < -0.39 is 0 Å². The molecule has 0 saturated heterocycles. The molecule has 8 nitrogen and oxygen atoms in total. The summed E-state index contributed by atoms with van der Waals surface area (Å²) in [5.41, 5.74) is 1.33. The van der Waals surface area contributed by atoms with E-state index in [0.717, 1.165) is 10.6 Å². The van der Waals surface area contributed by atoms with Crippen molar-refractivity contribution in [1.82, 2.24) is 30.2 Å². The first-order valence-electron chi connectivity index (χ1n) is 7.85. The Morgan fingerprint density at radius 2 is 2.08 bits per heavy atom. The Hall–Kier alpha value is -3.33. The summed E-state index contributed by atoms with van der Waals surface area (Å²) >= 11 is 1.63. The highest BCUT2D eigenvalue weighted by molar-refractivity contribution is 7.09. The van der Waals surface area contributed by atoms with Crippen molar-refractivity contribution >= 4 is 17.2 Å². The number of nitrogens with zero attached hydrogens (tertiary/aromatic N) is 5. The highest BCUT2D eigenvalue weighted by Crippen LogP contribution is 2.14. The van der Waals surface area contributed by atoms with Crippen molar-refractivity contribution in [2.45, 2.75) is 13.0 Å². The molecule has 130 valence electrons. The van der Waals surface area contributed by atoms with Crippen molar-refractivity contribution in [3.8, 4) is 5.69 Å². The number of rotatable bonds is 6. The molecule has 9 heteroatoms. The predicted octanol–water partition coefficient (Wildman–Crippen LogP) is 2.23. The Balaban J connectivity index is 1.38. The zero-order valence-corrected chi connectivity index (χ0v) is 14.4. The number of amides is 1. The van der Waals surface area contributed by atoms with Crippen LogP contribution in [0.5, 0.6) is 0 Å². The maximum absolute atomic E-state index is 12.4. The van der Waals surface area contributed by atoms with Gasteiger partial charge in [0.1, 0.15) is 12.7 Å². The largest absolute Gasteiger partial charge is 0.345 e. The first kappa shape index (κ1) is 16.2. The molecule has 4 rings (SSSR count). The van der Waals surface area contributed by atoms with Crippen molar-refractivity contribution in [2.24, 2.45) is 0 Å². The minimum atomic E-state index is -0.218. The lowest BCUT2D eigenvalue weighted by Gasteiger charge is -2.05. The van der Waals surface area contributed by atoms with Crippen LogP contribution in [0.3, 0.4) is 0 Å². The molecule has 0 radical (unpaired) electrons. The molecule has 1 amide bonds. The summed E-state index contributed by atoms with van der Waals surface area (Å²) in [5, 5.41) is 16.2. The molecule has 1 aromatic carbocycles. The molecule has 3 aromatic heterocycles. The van der Waals surface area contributed by atoms with E-state index in [1.807, 2.05) is 23.6 Å². The minimum absolute atomic E-state index is 0.198. The van der Waals surface area contributed by atoms with Gasteiger partial charge < -0.3 is 9.84 Å². The maximum Gasteiger partial charge on any atom is 0.251 e. The molecule has 0 bridgehead atoms. The van der Waals surface area contributed by atoms with E-state index in [0.29, 0.717) is 23.7 Å². The summed E-state index contributed by atoms with van der Waals surface area (Å²) < 4.78 is 6.95. The molecule has 0 unspecified atom stereocenters. The Morgan fingerprint density at radius 1 is 1.19 bits per heavy atom. The van der Waals surface area contributed by atoms with E-state index >= 15 is 0 Å². The fraction of sp³-hybridized carbons (Fsp3) is 0.118. The Kier molecular flexibility index (Phi) is 4.52. The topological polar surface area (TPSA) is 98.7 Å². The van der Waals surface area contributed by atoms with Crippen LogP contribution < -0.4 is 5.32 Å². The summed E-state index contributed by atoms with van der Waals surface area (Å²) in [6, 6.07) is 11.2. The second kappa shape index (κ2) is 7.28. The zero-order chi connectivity index (χ0) is 17.8. The van der Waals surface area contributed by atoms with Crippen LogP contribution in [0.1, 0.15) is 27.0 Å². The van der Waals surface area contributed by atoms with E-state index in [9.17, 15) is 4.79 Å². The van der Waals surface area contributed by atoms with Gasteiger partial charge in [0.2, 0.25) is 5.89 Å². The van der Waals surface area contributed by atoms with Gasteiger partial charge in [0.05, 0.1) is 13.0 Å². The van der Waals surface area contributed by atoms with Crippen molar-refractivity contribution in [3.05, 3.63) is 76.6 Å². The van der Waals surface area contributed by atoms with Gasteiger partial charge in [-0.3, -0.25) is 9.36 Å². The quantitative estimate of drug-likeness (QED) is 0.562. The number of benzene rings is 1. The maximum atomic E-state index is 12.4. The van der Waals surface area contributed by atoms with Crippen LogP contribution in [0.4, 0.5) is 0 Å². The van der Waals surface area contributed by atoms with Crippen LogP contribution in [0.25, 0.3) is 5.69 Å². The molecule has 26 heavy (non-hydrogen) atoms. The number of nitrogens with one attached hydrogen (secondary N) is 1. The lowest BCUT2D eigenvalue weighted by molar-refractivity contribution is 0.0949. The van der Waals surface area contributed by atoms with Gasteiger partial charge in [-0.2, -0.15) is 4.98 Å². The fourth-order valence-corrected chi connectivity index (χ4v) is 3.10. The Labute approximate surface area is 152 Å². The average molecular weight is 366 g/mol. The van der Waals surface area contributed by atoms with Crippen molar-refractivity contribution in [1.29, 1.82) is 0 Å². The molecule has 0 spiro atoms. The summed E-state index contributed by atoms with van der Waals surface area (Å²) in [6.45, 7) is 0.198. The number of carbonyl (C=O) groups is 1. The summed E-state index contributed by atoms with van der Waals surface area (Å²) in [4.78, 5) is 17.8. The number of carbonyl (C=O) groups excluding carboxylic acids is 1. The van der Waals surface area contributed by atoms with E-state index in [4.69, 9.17) is 4.52 Å². The van der Waals surface area contributed by atoms with E-state index in [1.54, 1.807) is 46.8 Å². The van der Waals surface area contributed by atoms with Gasteiger partial charge in [-0.1, -0.05) is 17.3 Å². The number of hydrogen-bond donors (Lipinski definition) is 1. The minimum Gasteiger partial charge on any atom is -0.345 e. The monoisotopic (exact) mass is 366 g/mol. The highest BCUT2D eigenvalue weighted by Gasteiger charge is 2.11. The van der Waals surface area contributed by atoms with Gasteiger partial charge in [0.15, 0.2) is 5.82 Å². The van der Waals surface area contributed by atoms with Gasteiger partial charge in [0.25, 0.3) is 5.91 Å². The van der Waals surface area contributed by atoms with Crippen LogP contribution in [-0.4, -0.2) is 30.8 Å². The van der Waals surface area contributed by atoms with Crippen molar-refractivity contribution in [2.75, 3.05) is 0 Å². The van der Waals surface area contributed by atoms with Crippen molar-refractivity contribution < 1.29 is 9.32 Å². The molecule has 0 atom stereocenters. The molecule has 0 aliphatic rings. The Morgan fingerprint density at radius 3 is 2.88 bits per heavy atom. The first-order valence-corrected chi connectivity index (χ1v) is 8.73. The van der Waals surface area contributed by atoms with E-state index in [-0.39, 0.29) is 12.5 Å². The second-order valence-corrected chi connectivity index (χ2v) is 6.49. The molecule has 0 aliphatic heterocycles. The number of aromatic nitrogens is 5. The molecular weight excluding hydrogens is 352 g/mol. The summed E-state index contributed by atoms with van der Waals surface area (Å²) in [5.74, 6) is 0.760. The highest BCUT2D eigenvalue weighted by atomic mass is 32.1. The third kappa shape index (κ3) is 3.67. The van der Waals surface area contributed by atoms with Gasteiger partial charge in [-0.15, -0.1) is 21.5 Å². The first-order chi connectivity index (χ1) is 12.8. The van der Waals surface area contributed by atoms with Crippen LogP contribution in [-0.2, 0) is 13.0 Å². The van der Waals surface area contributed by atoms with Crippen LogP contribution >= 0.6 is 11.3 Å². The predicted molar refractivity (Wildman–Crippen MR) is 94.0 cm³/mol. The van der Waals surface area contributed by atoms with Crippen LogP contribution in [0.2, 0.25) is 0 Å². The summed E-state index contributed by atoms with van der Waals surface area (Å²) in [6.07, 6.45) is 3.75. The van der Waals surface area contributed by atoms with Crippen molar-refractivity contribution in [3.63, 3.8) is 0 Å². The third-order valence-corrected chi connectivity index (χ3v) is 4.52. The molecule has 4 aromatic rings. The normalized spacial score (nSPS) is 10.8. The molecule has 0 saturated carbocycles. The fourth-order valence-electron chi connectivity index (χ4n) is 2.40. The SMILES string of the molecule is O=C(NCc1noc(Cc2cccs2)n1)c1cccc(-n2cnnc2)c1. The van der Waals surface area contributed by atoms with Crippen LogP contribution in [0, 0.1) is 0 Å². The van der Waals surface area contributed by atoms with E-state index in [2.05, 4.69) is 25.7 Å². The van der Waals surface area contributed by atoms with Crippen LogP contribution in [0.15, 0.2) is 59.0 Å². The molecule has 0 aliphatic carbocycles. The standard InChI is InChI=1S/C17H14N6O2S/c24-17(12-3-1-4-13(7-12)23-10-19-20-11-23)18-9-15-21-16(25-22-15)8-14-5-2-6-26-14/h1-7,10-11H,8-9H2,(H,18,24). The molecular formula is C17H14N6O2S. The smallest absolute Gasteiger partial charge is 0.251 e. The lowest BCUT2D eigenvalue weighted by Crippen LogP contribution is -2.23. The molecule has 0 fully saturated rings. The molecule has 1 N–H and O–H groups in total. The zero-order valence-electron chi connectivity index (χ0n) is 13.6. The van der Waals surface area contributed by atoms with Gasteiger partial charge in [-0.25, -0.2) is 0 Å². The van der Waals surface area contributed by atoms with Gasteiger partial charge >= 0.3 is 0 Å². The summed E-state index contributed by atoms with van der Waals surface area (Å²) in [7, 11) is 0. The average Bonchev–Trinajstić information content (AvgIpc) is 3.43.